The van der Waals surface area contributed by atoms with Gasteiger partial charge in [0.2, 0.25) is 5.91 Å². The van der Waals surface area contributed by atoms with E-state index in [0.29, 0.717) is 25.1 Å². The molecule has 1 aliphatic carbocycles. The van der Waals surface area contributed by atoms with Crippen molar-refractivity contribution in [1.29, 1.82) is 0 Å². The molecule has 0 saturated heterocycles. The molecule has 1 aromatic rings. The molecule has 6 heteroatoms. The van der Waals surface area contributed by atoms with Crippen LogP contribution in [-0.2, 0) is 4.79 Å². The number of ether oxygens (including phenoxy) is 2. The van der Waals surface area contributed by atoms with E-state index in [4.69, 9.17) is 15.2 Å². The van der Waals surface area contributed by atoms with Crippen LogP contribution in [-0.4, -0.2) is 42.6 Å². The van der Waals surface area contributed by atoms with Gasteiger partial charge >= 0.3 is 0 Å². The average molecular weight is 341 g/mol. The van der Waals surface area contributed by atoms with E-state index >= 15 is 0 Å². The number of carbonyl (C=O) groups excluding carboxylic acids is 1. The maximum atomic E-state index is 12.5. The molecule has 2 N–H and O–H groups in total. The maximum absolute atomic E-state index is 12.5. The zero-order valence-electron chi connectivity index (χ0n) is 13.4. The Balaban J connectivity index is 0.00000192. The second-order valence-electron chi connectivity index (χ2n) is 6.27. The molecular weight excluding hydrogens is 316 g/mol. The lowest BCUT2D eigenvalue weighted by Crippen LogP contribution is -2.44. The molecule has 1 fully saturated rings. The fourth-order valence-corrected chi connectivity index (χ4v) is 3.19. The topological polar surface area (TPSA) is 64.8 Å². The molecule has 2 aliphatic rings. The second kappa shape index (κ2) is 7.88. The highest BCUT2D eigenvalue weighted by molar-refractivity contribution is 5.85. The Morgan fingerprint density at radius 2 is 1.87 bits per heavy atom. The Labute approximate surface area is 143 Å². The van der Waals surface area contributed by atoms with E-state index in [1.807, 2.05) is 36.2 Å². The number of fused-ring (bicyclic) bond motifs is 1. The van der Waals surface area contributed by atoms with Crippen molar-refractivity contribution in [3.63, 3.8) is 0 Å². The van der Waals surface area contributed by atoms with Gasteiger partial charge in [-0.05, 0) is 37.8 Å². The molecule has 1 heterocycles. The van der Waals surface area contributed by atoms with Crippen LogP contribution in [0.4, 0.5) is 0 Å². The summed E-state index contributed by atoms with van der Waals surface area (Å²) in [6.45, 7) is 0.423. The van der Waals surface area contributed by atoms with Crippen molar-refractivity contribution in [2.24, 2.45) is 5.73 Å². The molecule has 5 nitrogen and oxygen atoms in total. The van der Waals surface area contributed by atoms with Crippen molar-refractivity contribution in [1.82, 2.24) is 4.90 Å². The monoisotopic (exact) mass is 340 g/mol. The average Bonchev–Trinajstić information content (AvgIpc) is 2.55. The maximum Gasteiger partial charge on any atom is 0.226 e. The Morgan fingerprint density at radius 1 is 1.22 bits per heavy atom. The minimum atomic E-state index is -0.212. The van der Waals surface area contributed by atoms with Crippen LogP contribution in [0.2, 0.25) is 0 Å². The van der Waals surface area contributed by atoms with Crippen molar-refractivity contribution >= 4 is 18.3 Å². The predicted molar refractivity (Wildman–Crippen MR) is 91.2 cm³/mol. The van der Waals surface area contributed by atoms with Crippen molar-refractivity contribution < 1.29 is 14.3 Å². The first-order valence-corrected chi connectivity index (χ1v) is 8.03. The van der Waals surface area contributed by atoms with Crippen LogP contribution in [0.3, 0.4) is 0 Å². The fourth-order valence-electron chi connectivity index (χ4n) is 3.19. The van der Waals surface area contributed by atoms with E-state index in [9.17, 15) is 4.79 Å². The summed E-state index contributed by atoms with van der Waals surface area (Å²) in [5.74, 6) is 1.59. The normalized spacial score (nSPS) is 26.1. The summed E-state index contributed by atoms with van der Waals surface area (Å²) < 4.78 is 11.5. The molecule has 1 amide bonds. The highest BCUT2D eigenvalue weighted by Crippen LogP contribution is 2.32. The van der Waals surface area contributed by atoms with Gasteiger partial charge in [-0.3, -0.25) is 4.79 Å². The lowest BCUT2D eigenvalue weighted by atomic mass is 9.91. The number of hydrogen-bond acceptors (Lipinski definition) is 4. The van der Waals surface area contributed by atoms with Gasteiger partial charge in [0.15, 0.2) is 11.5 Å². The number of para-hydroxylation sites is 2. The molecule has 0 bridgehead atoms. The Kier molecular flexibility index (Phi) is 6.13. The summed E-state index contributed by atoms with van der Waals surface area (Å²) in [5.41, 5.74) is 5.93. The highest BCUT2D eigenvalue weighted by Gasteiger charge is 2.29. The van der Waals surface area contributed by atoms with Gasteiger partial charge in [0.25, 0.3) is 0 Å². The minimum absolute atomic E-state index is 0. The third kappa shape index (κ3) is 4.30. The molecule has 23 heavy (non-hydrogen) atoms. The van der Waals surface area contributed by atoms with E-state index in [0.717, 1.165) is 37.2 Å². The molecule has 1 atom stereocenters. The van der Waals surface area contributed by atoms with Crippen LogP contribution in [0.25, 0.3) is 0 Å². The highest BCUT2D eigenvalue weighted by atomic mass is 35.5. The van der Waals surface area contributed by atoms with Crippen LogP contribution in [0, 0.1) is 0 Å². The minimum Gasteiger partial charge on any atom is -0.486 e. The SMILES string of the molecule is CN(C(=O)CC1COc2ccccc2O1)C1CCC(N)CC1.Cl. The number of halogens is 1. The number of hydrogen-bond donors (Lipinski definition) is 1. The molecule has 128 valence electrons. The smallest absolute Gasteiger partial charge is 0.226 e. The summed E-state index contributed by atoms with van der Waals surface area (Å²) in [7, 11) is 1.89. The Hall–Kier alpha value is -1.46. The van der Waals surface area contributed by atoms with Crippen LogP contribution in [0.5, 0.6) is 11.5 Å². The van der Waals surface area contributed by atoms with Gasteiger partial charge in [-0.15, -0.1) is 12.4 Å². The van der Waals surface area contributed by atoms with E-state index in [-0.39, 0.29) is 24.4 Å². The van der Waals surface area contributed by atoms with Crippen LogP contribution in [0.1, 0.15) is 32.1 Å². The van der Waals surface area contributed by atoms with Gasteiger partial charge in [-0.2, -0.15) is 0 Å². The van der Waals surface area contributed by atoms with E-state index < -0.39 is 0 Å². The lowest BCUT2D eigenvalue weighted by molar-refractivity contribution is -0.135. The number of carbonyl (C=O) groups is 1. The van der Waals surface area contributed by atoms with Gasteiger partial charge in [0.1, 0.15) is 12.7 Å². The number of nitrogens with zero attached hydrogens (tertiary/aromatic N) is 1. The molecule has 1 saturated carbocycles. The van der Waals surface area contributed by atoms with Gasteiger partial charge in [0.05, 0.1) is 6.42 Å². The summed E-state index contributed by atoms with van der Waals surface area (Å²) in [6.07, 6.45) is 4.13. The zero-order valence-corrected chi connectivity index (χ0v) is 14.3. The van der Waals surface area contributed by atoms with E-state index in [1.165, 1.54) is 0 Å². The molecule has 1 aliphatic heterocycles. The first kappa shape index (κ1) is 17.9. The first-order valence-electron chi connectivity index (χ1n) is 8.03. The van der Waals surface area contributed by atoms with Gasteiger partial charge in [-0.1, -0.05) is 12.1 Å². The number of rotatable bonds is 3. The molecule has 0 spiro atoms. The molecule has 3 rings (SSSR count). The van der Waals surface area contributed by atoms with E-state index in [1.54, 1.807) is 0 Å². The molecular formula is C17H25ClN2O3. The number of benzene rings is 1. The van der Waals surface area contributed by atoms with Gasteiger partial charge < -0.3 is 20.1 Å². The standard InChI is InChI=1S/C17H24N2O3.ClH/c1-19(13-8-6-12(18)7-9-13)17(20)10-14-11-21-15-4-2-3-5-16(15)22-14;/h2-5,12-14H,6-11,18H2,1H3;1H. The van der Waals surface area contributed by atoms with Crippen LogP contribution >= 0.6 is 12.4 Å². The number of amides is 1. The molecule has 1 aromatic carbocycles. The van der Waals surface area contributed by atoms with Gasteiger partial charge in [0, 0.05) is 19.1 Å². The predicted octanol–water partition coefficient (Wildman–Crippen LogP) is 2.37. The second-order valence-corrected chi connectivity index (χ2v) is 6.27. The third-order valence-corrected chi connectivity index (χ3v) is 4.65. The van der Waals surface area contributed by atoms with Crippen molar-refractivity contribution in [2.75, 3.05) is 13.7 Å². The third-order valence-electron chi connectivity index (χ3n) is 4.65. The van der Waals surface area contributed by atoms with E-state index in [2.05, 4.69) is 0 Å². The summed E-state index contributed by atoms with van der Waals surface area (Å²) >= 11 is 0. The largest absolute Gasteiger partial charge is 0.486 e. The van der Waals surface area contributed by atoms with Crippen LogP contribution in [0.15, 0.2) is 24.3 Å². The van der Waals surface area contributed by atoms with Crippen molar-refractivity contribution in [3.8, 4) is 11.5 Å². The molecule has 0 radical (unpaired) electrons. The quantitative estimate of drug-likeness (QED) is 0.917. The van der Waals surface area contributed by atoms with Crippen molar-refractivity contribution in [2.45, 2.75) is 50.3 Å². The van der Waals surface area contributed by atoms with Crippen molar-refractivity contribution in [3.05, 3.63) is 24.3 Å². The summed E-state index contributed by atoms with van der Waals surface area (Å²) in [4.78, 5) is 14.3. The Morgan fingerprint density at radius 3 is 2.57 bits per heavy atom. The zero-order chi connectivity index (χ0) is 15.5. The first-order chi connectivity index (χ1) is 10.6. The summed E-state index contributed by atoms with van der Waals surface area (Å²) in [5, 5.41) is 0. The van der Waals surface area contributed by atoms with Gasteiger partial charge in [-0.25, -0.2) is 0 Å². The molecule has 0 aromatic heterocycles. The fraction of sp³-hybridized carbons (Fsp3) is 0.588. The number of nitrogens with two attached hydrogens (primary N) is 1. The van der Waals surface area contributed by atoms with Crippen LogP contribution < -0.4 is 15.2 Å². The summed E-state index contributed by atoms with van der Waals surface area (Å²) in [6, 6.07) is 8.18. The lowest BCUT2D eigenvalue weighted by Gasteiger charge is -2.34. The molecule has 1 unspecified atom stereocenters. The Bertz CT molecular complexity index is 532.